The predicted octanol–water partition coefficient (Wildman–Crippen LogP) is 4.43. The first-order valence-corrected chi connectivity index (χ1v) is 7.71. The molecule has 2 nitrogen and oxygen atoms in total. The van der Waals surface area contributed by atoms with Gasteiger partial charge in [0, 0.05) is 13.1 Å². The van der Waals surface area contributed by atoms with Crippen molar-refractivity contribution in [1.29, 1.82) is 0 Å². The number of aromatic nitrogens is 1. The third-order valence-corrected chi connectivity index (χ3v) is 4.60. The van der Waals surface area contributed by atoms with Crippen LogP contribution in [-0.2, 0) is 0 Å². The first kappa shape index (κ1) is 12.9. The van der Waals surface area contributed by atoms with Crippen molar-refractivity contribution in [2.45, 2.75) is 31.0 Å². The molecule has 0 saturated heterocycles. The molecule has 2 aromatic rings. The topological polar surface area (TPSA) is 16.1 Å². The second-order valence-electron chi connectivity index (χ2n) is 3.97. The summed E-state index contributed by atoms with van der Waals surface area (Å²) in [4.78, 5) is 4.66. The Bertz CT molecular complexity index is 428. The van der Waals surface area contributed by atoms with Crippen LogP contribution in [0.4, 0.5) is 0 Å². The Morgan fingerprint density at radius 2 is 1.88 bits per heavy atom. The number of thiazole rings is 1. The molecule has 0 N–H and O–H groups in total. The van der Waals surface area contributed by atoms with Crippen LogP contribution in [0.3, 0.4) is 0 Å². The molecule has 0 bridgehead atoms. The summed E-state index contributed by atoms with van der Waals surface area (Å²) in [6.07, 6.45) is 2.38. The molecule has 0 radical (unpaired) electrons. The number of hydrogen-bond donors (Lipinski definition) is 0. The molecule has 92 valence electrons. The summed E-state index contributed by atoms with van der Waals surface area (Å²) >= 11 is 3.59. The normalized spacial score (nSPS) is 11.5. The number of benzene rings is 1. The zero-order chi connectivity index (χ0) is 12.1. The largest absolute Gasteiger partial charge is 0.244 e. The fraction of sp³-hybridized carbons (Fsp3) is 0.462. The van der Waals surface area contributed by atoms with Crippen LogP contribution in [0.15, 0.2) is 28.6 Å². The van der Waals surface area contributed by atoms with Gasteiger partial charge >= 0.3 is 0 Å². The van der Waals surface area contributed by atoms with Gasteiger partial charge in [-0.15, -0.1) is 11.3 Å². The van der Waals surface area contributed by atoms with E-state index in [4.69, 9.17) is 0 Å². The van der Waals surface area contributed by atoms with E-state index >= 15 is 0 Å². The molecule has 1 aromatic carbocycles. The number of rotatable bonds is 6. The van der Waals surface area contributed by atoms with Gasteiger partial charge in [-0.05, 0) is 36.9 Å². The number of fused-ring (bicyclic) bond motifs is 1. The molecule has 1 heterocycles. The summed E-state index contributed by atoms with van der Waals surface area (Å²) in [5.41, 5.74) is 1.12. The van der Waals surface area contributed by atoms with E-state index in [1.54, 1.807) is 23.3 Å². The van der Waals surface area contributed by atoms with E-state index < -0.39 is 0 Å². The lowest BCUT2D eigenvalue weighted by Crippen LogP contribution is -2.17. The average Bonchev–Trinajstić information content (AvgIpc) is 2.71. The minimum absolute atomic E-state index is 1.12. The van der Waals surface area contributed by atoms with Crippen molar-refractivity contribution in [3.8, 4) is 0 Å². The Labute approximate surface area is 111 Å². The summed E-state index contributed by atoms with van der Waals surface area (Å²) in [6, 6.07) is 8.35. The number of hydrogen-bond acceptors (Lipinski definition) is 4. The number of nitrogens with zero attached hydrogens (tertiary/aromatic N) is 2. The van der Waals surface area contributed by atoms with Crippen molar-refractivity contribution in [3.05, 3.63) is 24.3 Å². The van der Waals surface area contributed by atoms with E-state index in [9.17, 15) is 0 Å². The van der Waals surface area contributed by atoms with E-state index in [2.05, 4.69) is 41.3 Å². The Kier molecular flexibility index (Phi) is 4.83. The van der Waals surface area contributed by atoms with Crippen molar-refractivity contribution >= 4 is 33.5 Å². The lowest BCUT2D eigenvalue weighted by Gasteiger charge is -2.17. The maximum Gasteiger partial charge on any atom is 0.166 e. The molecule has 4 heteroatoms. The maximum absolute atomic E-state index is 4.66. The van der Waals surface area contributed by atoms with Gasteiger partial charge in [-0.3, -0.25) is 0 Å². The van der Waals surface area contributed by atoms with Gasteiger partial charge in [0.1, 0.15) is 0 Å². The van der Waals surface area contributed by atoms with Crippen LogP contribution in [-0.4, -0.2) is 22.4 Å². The fourth-order valence-corrected chi connectivity index (χ4v) is 4.04. The molecule has 0 atom stereocenters. The molecule has 1 aromatic heterocycles. The molecule has 0 saturated carbocycles. The van der Waals surface area contributed by atoms with Crippen molar-refractivity contribution in [1.82, 2.24) is 9.29 Å². The standard InChI is InChI=1S/C13H18N2S2/c1-3-9-15(10-4-2)17-13-14-11-7-5-6-8-12(11)16-13/h5-8H,3-4,9-10H2,1-2H3. The van der Waals surface area contributed by atoms with Crippen molar-refractivity contribution in [3.63, 3.8) is 0 Å². The van der Waals surface area contributed by atoms with Crippen LogP contribution in [0.2, 0.25) is 0 Å². The molecule has 0 spiro atoms. The second-order valence-corrected chi connectivity index (χ2v) is 6.34. The van der Waals surface area contributed by atoms with Gasteiger partial charge in [0.2, 0.25) is 0 Å². The minimum atomic E-state index is 1.12. The van der Waals surface area contributed by atoms with E-state index in [0.29, 0.717) is 0 Å². The highest BCUT2D eigenvalue weighted by molar-refractivity contribution is 7.98. The smallest absolute Gasteiger partial charge is 0.166 e. The van der Waals surface area contributed by atoms with Gasteiger partial charge in [-0.2, -0.15) is 0 Å². The molecular weight excluding hydrogens is 248 g/mol. The lowest BCUT2D eigenvalue weighted by atomic mass is 10.3. The van der Waals surface area contributed by atoms with E-state index in [1.165, 1.54) is 17.5 Å². The van der Waals surface area contributed by atoms with Crippen LogP contribution in [0.5, 0.6) is 0 Å². The van der Waals surface area contributed by atoms with E-state index in [0.717, 1.165) is 22.9 Å². The van der Waals surface area contributed by atoms with Gasteiger partial charge in [0.25, 0.3) is 0 Å². The van der Waals surface area contributed by atoms with Crippen molar-refractivity contribution in [2.75, 3.05) is 13.1 Å². The summed E-state index contributed by atoms with van der Waals surface area (Å²) in [7, 11) is 0. The Hall–Kier alpha value is -0.580. The maximum atomic E-state index is 4.66. The minimum Gasteiger partial charge on any atom is -0.244 e. The van der Waals surface area contributed by atoms with Gasteiger partial charge in [0.05, 0.1) is 10.2 Å². The molecule has 0 aliphatic carbocycles. The predicted molar refractivity (Wildman–Crippen MR) is 77.6 cm³/mol. The first-order valence-electron chi connectivity index (χ1n) is 6.12. The van der Waals surface area contributed by atoms with Crippen molar-refractivity contribution in [2.24, 2.45) is 0 Å². The summed E-state index contributed by atoms with van der Waals surface area (Å²) < 4.78 is 4.86. The Balaban J connectivity index is 2.10. The van der Waals surface area contributed by atoms with Gasteiger partial charge in [-0.1, -0.05) is 26.0 Å². The monoisotopic (exact) mass is 266 g/mol. The van der Waals surface area contributed by atoms with E-state index in [1.807, 2.05) is 6.07 Å². The van der Waals surface area contributed by atoms with Crippen LogP contribution in [0.25, 0.3) is 10.2 Å². The highest BCUT2D eigenvalue weighted by Crippen LogP contribution is 2.31. The molecule has 0 aliphatic rings. The molecule has 0 unspecified atom stereocenters. The third-order valence-electron chi connectivity index (χ3n) is 2.43. The van der Waals surface area contributed by atoms with Gasteiger partial charge in [0.15, 0.2) is 4.34 Å². The van der Waals surface area contributed by atoms with Gasteiger partial charge < -0.3 is 0 Å². The second kappa shape index (κ2) is 6.38. The Morgan fingerprint density at radius 1 is 1.18 bits per heavy atom. The van der Waals surface area contributed by atoms with Crippen molar-refractivity contribution < 1.29 is 0 Å². The quantitative estimate of drug-likeness (QED) is 0.720. The fourth-order valence-electron chi connectivity index (χ4n) is 1.70. The molecular formula is C13H18N2S2. The summed E-state index contributed by atoms with van der Waals surface area (Å²) in [5, 5.41) is 0. The zero-order valence-corrected chi connectivity index (χ0v) is 12.0. The van der Waals surface area contributed by atoms with Crippen LogP contribution in [0.1, 0.15) is 26.7 Å². The van der Waals surface area contributed by atoms with Crippen LogP contribution in [0, 0.1) is 0 Å². The first-order chi connectivity index (χ1) is 8.33. The highest BCUT2D eigenvalue weighted by Gasteiger charge is 2.09. The molecule has 2 rings (SSSR count). The summed E-state index contributed by atoms with van der Waals surface area (Å²) in [5.74, 6) is 0. The van der Waals surface area contributed by atoms with Crippen LogP contribution >= 0.6 is 23.3 Å². The highest BCUT2D eigenvalue weighted by atomic mass is 32.2. The molecule has 0 aliphatic heterocycles. The summed E-state index contributed by atoms with van der Waals surface area (Å²) in [6.45, 7) is 6.71. The van der Waals surface area contributed by atoms with Crippen LogP contribution < -0.4 is 0 Å². The zero-order valence-electron chi connectivity index (χ0n) is 10.3. The molecule has 0 fully saturated rings. The SMILES string of the molecule is CCCN(CCC)Sc1nc2ccccc2s1. The molecule has 0 amide bonds. The Morgan fingerprint density at radius 3 is 2.53 bits per heavy atom. The van der Waals surface area contributed by atoms with E-state index in [-0.39, 0.29) is 0 Å². The lowest BCUT2D eigenvalue weighted by molar-refractivity contribution is 0.467. The van der Waals surface area contributed by atoms with Gasteiger partial charge in [-0.25, -0.2) is 9.29 Å². The number of para-hydroxylation sites is 1. The molecule has 17 heavy (non-hydrogen) atoms. The average molecular weight is 266 g/mol. The third kappa shape index (κ3) is 3.44.